The van der Waals surface area contributed by atoms with Gasteiger partial charge in [-0.15, -0.1) is 0 Å². The predicted octanol–water partition coefficient (Wildman–Crippen LogP) is 4.31. The second-order valence-electron chi connectivity index (χ2n) is 10.8. The molecule has 206 valence electrons. The third kappa shape index (κ3) is 4.78. The van der Waals surface area contributed by atoms with Gasteiger partial charge in [0.1, 0.15) is 0 Å². The first kappa shape index (κ1) is 26.6. The molecule has 0 radical (unpaired) electrons. The lowest BCUT2D eigenvalue weighted by atomic mass is 9.81. The summed E-state index contributed by atoms with van der Waals surface area (Å²) in [5.74, 6) is -1.28. The lowest BCUT2D eigenvalue weighted by Gasteiger charge is -2.42. The van der Waals surface area contributed by atoms with E-state index in [9.17, 15) is 27.2 Å². The maximum absolute atomic E-state index is 14.2. The van der Waals surface area contributed by atoms with E-state index in [4.69, 9.17) is 4.74 Å². The molecule has 1 atom stereocenters. The van der Waals surface area contributed by atoms with Crippen LogP contribution in [-0.4, -0.2) is 68.9 Å². The standard InChI is InChI=1S/C26H31F4N5O3/c1-15-11-18(19(27)14-31-15)20-12-21(34-33-20)23(37)35-10-5-16(13-24(35)8-9-24)22(36)32-17-3-6-25(38-2,7-4-17)26(28,29)30/h11-12,14,16-17H,3-10,13H2,1-2H3,(H,32,36)(H,33,34)/t16-,17-,25-/m0/s1. The summed E-state index contributed by atoms with van der Waals surface area (Å²) in [6.07, 6.45) is -0.835. The summed E-state index contributed by atoms with van der Waals surface area (Å²) in [6.45, 7) is 2.11. The first-order chi connectivity index (χ1) is 18.0. The Balaban J connectivity index is 1.20. The van der Waals surface area contributed by atoms with Gasteiger partial charge >= 0.3 is 6.18 Å². The number of amides is 2. The number of aromatic nitrogens is 3. The number of aryl methyl sites for hydroxylation is 1. The van der Waals surface area contributed by atoms with Crippen molar-refractivity contribution in [2.24, 2.45) is 5.92 Å². The molecule has 3 heterocycles. The highest BCUT2D eigenvalue weighted by atomic mass is 19.4. The Morgan fingerprint density at radius 2 is 1.87 bits per heavy atom. The zero-order valence-electron chi connectivity index (χ0n) is 21.3. The van der Waals surface area contributed by atoms with Crippen molar-refractivity contribution in [2.45, 2.75) is 81.6 Å². The van der Waals surface area contributed by atoms with Gasteiger partial charge in [-0.25, -0.2) is 4.39 Å². The lowest BCUT2D eigenvalue weighted by molar-refractivity contribution is -0.280. The average molecular weight is 538 g/mol. The SMILES string of the molecule is CO[C@]1(C(F)(F)F)CC[C@@H](NC(=O)[C@H]2CCN(C(=O)c3cc(-c4cc(C)ncc4F)[nH]n3)C3(CC3)C2)CC1. The molecule has 0 unspecified atom stereocenters. The van der Waals surface area contributed by atoms with Crippen LogP contribution in [0.5, 0.6) is 0 Å². The molecular weight excluding hydrogens is 506 g/mol. The third-order valence-corrected chi connectivity index (χ3v) is 8.47. The summed E-state index contributed by atoms with van der Waals surface area (Å²) < 4.78 is 59.4. The quantitative estimate of drug-likeness (QED) is 0.554. The first-order valence-corrected chi connectivity index (χ1v) is 12.9. The Hall–Kier alpha value is -3.02. The van der Waals surface area contributed by atoms with Gasteiger partial charge in [0.2, 0.25) is 5.91 Å². The minimum absolute atomic E-state index is 0.170. The summed E-state index contributed by atoms with van der Waals surface area (Å²) in [7, 11) is 1.08. The zero-order chi connectivity index (χ0) is 27.3. The number of pyridine rings is 1. The van der Waals surface area contributed by atoms with Crippen molar-refractivity contribution in [2.75, 3.05) is 13.7 Å². The van der Waals surface area contributed by atoms with Crippen molar-refractivity contribution >= 4 is 11.8 Å². The number of piperidine rings is 1. The average Bonchev–Trinajstić information content (AvgIpc) is 3.46. The molecule has 38 heavy (non-hydrogen) atoms. The highest BCUT2D eigenvalue weighted by Gasteiger charge is 2.57. The molecule has 2 amide bonds. The van der Waals surface area contributed by atoms with Crippen LogP contribution >= 0.6 is 0 Å². The summed E-state index contributed by atoms with van der Waals surface area (Å²) in [4.78, 5) is 32.1. The summed E-state index contributed by atoms with van der Waals surface area (Å²) in [5, 5.41) is 9.82. The van der Waals surface area contributed by atoms with Gasteiger partial charge < -0.3 is 15.0 Å². The van der Waals surface area contributed by atoms with E-state index in [1.807, 2.05) is 0 Å². The summed E-state index contributed by atoms with van der Waals surface area (Å²) >= 11 is 0. The molecule has 1 aliphatic heterocycles. The highest BCUT2D eigenvalue weighted by molar-refractivity contribution is 5.94. The maximum Gasteiger partial charge on any atom is 0.417 e. The Bertz CT molecular complexity index is 1220. The van der Waals surface area contributed by atoms with Crippen molar-refractivity contribution in [1.29, 1.82) is 0 Å². The van der Waals surface area contributed by atoms with Crippen LogP contribution in [0.1, 0.15) is 67.5 Å². The molecule has 2 aromatic heterocycles. The van der Waals surface area contributed by atoms with E-state index in [0.717, 1.165) is 26.1 Å². The molecule has 2 aromatic rings. The molecule has 2 aliphatic carbocycles. The number of carbonyl (C=O) groups is 2. The van der Waals surface area contributed by atoms with Gasteiger partial charge in [-0.1, -0.05) is 0 Å². The monoisotopic (exact) mass is 537 g/mol. The van der Waals surface area contributed by atoms with Crippen molar-refractivity contribution < 1.29 is 31.9 Å². The highest BCUT2D eigenvalue weighted by Crippen LogP contribution is 2.51. The largest absolute Gasteiger partial charge is 0.417 e. The number of hydrogen-bond acceptors (Lipinski definition) is 5. The van der Waals surface area contributed by atoms with Gasteiger partial charge in [0.25, 0.3) is 5.91 Å². The van der Waals surface area contributed by atoms with E-state index < -0.39 is 23.1 Å². The fourth-order valence-electron chi connectivity index (χ4n) is 5.96. The number of rotatable bonds is 5. The minimum Gasteiger partial charge on any atom is -0.369 e. The maximum atomic E-state index is 14.2. The number of aromatic amines is 1. The van der Waals surface area contributed by atoms with E-state index in [2.05, 4.69) is 20.5 Å². The van der Waals surface area contributed by atoms with Crippen molar-refractivity contribution in [3.8, 4) is 11.3 Å². The summed E-state index contributed by atoms with van der Waals surface area (Å²) in [5.41, 5.74) is -1.11. The third-order valence-electron chi connectivity index (χ3n) is 8.47. The fourth-order valence-corrected chi connectivity index (χ4v) is 5.96. The number of alkyl halides is 3. The number of nitrogens with one attached hydrogen (secondary N) is 2. The number of hydrogen-bond donors (Lipinski definition) is 2. The van der Waals surface area contributed by atoms with Crippen LogP contribution in [0, 0.1) is 18.7 Å². The van der Waals surface area contributed by atoms with Crippen molar-refractivity contribution in [3.05, 3.63) is 35.5 Å². The minimum atomic E-state index is -4.45. The number of carbonyl (C=O) groups excluding carboxylic acids is 2. The Kier molecular flexibility index (Phi) is 6.73. The van der Waals surface area contributed by atoms with Crippen LogP contribution in [-0.2, 0) is 9.53 Å². The predicted molar refractivity (Wildman–Crippen MR) is 128 cm³/mol. The molecule has 2 saturated carbocycles. The molecule has 0 aromatic carbocycles. The Morgan fingerprint density at radius 3 is 2.50 bits per heavy atom. The van der Waals surface area contributed by atoms with Crippen LogP contribution in [0.4, 0.5) is 17.6 Å². The van der Waals surface area contributed by atoms with E-state index in [0.29, 0.717) is 30.8 Å². The molecule has 12 heteroatoms. The second kappa shape index (κ2) is 9.62. The van der Waals surface area contributed by atoms with E-state index >= 15 is 0 Å². The van der Waals surface area contributed by atoms with E-state index in [-0.39, 0.29) is 60.7 Å². The van der Waals surface area contributed by atoms with Crippen LogP contribution < -0.4 is 5.32 Å². The second-order valence-corrected chi connectivity index (χ2v) is 10.8. The number of methoxy groups -OCH3 is 1. The number of likely N-dealkylation sites (tertiary alicyclic amines) is 1. The van der Waals surface area contributed by atoms with Gasteiger partial charge in [-0.2, -0.15) is 18.3 Å². The van der Waals surface area contributed by atoms with Crippen LogP contribution in [0.15, 0.2) is 18.3 Å². The lowest BCUT2D eigenvalue weighted by Crippen LogP contribution is -2.54. The topological polar surface area (TPSA) is 100 Å². The molecule has 0 bridgehead atoms. The molecule has 1 saturated heterocycles. The molecule has 1 spiro atoms. The van der Waals surface area contributed by atoms with Gasteiger partial charge in [-0.05, 0) is 70.4 Å². The first-order valence-electron chi connectivity index (χ1n) is 12.9. The fraction of sp³-hybridized carbons (Fsp3) is 0.615. The zero-order valence-corrected chi connectivity index (χ0v) is 21.3. The summed E-state index contributed by atoms with van der Waals surface area (Å²) in [6, 6.07) is 2.77. The molecule has 5 rings (SSSR count). The van der Waals surface area contributed by atoms with E-state index in [1.165, 1.54) is 6.07 Å². The molecule has 3 fully saturated rings. The molecule has 3 aliphatic rings. The van der Waals surface area contributed by atoms with E-state index in [1.54, 1.807) is 17.9 Å². The van der Waals surface area contributed by atoms with Crippen LogP contribution in [0.3, 0.4) is 0 Å². The van der Waals surface area contributed by atoms with Gasteiger partial charge in [0.05, 0.1) is 11.9 Å². The molecule has 2 N–H and O–H groups in total. The van der Waals surface area contributed by atoms with Crippen LogP contribution in [0.2, 0.25) is 0 Å². The molecule has 8 nitrogen and oxygen atoms in total. The smallest absolute Gasteiger partial charge is 0.369 e. The number of nitrogens with zero attached hydrogens (tertiary/aromatic N) is 3. The Morgan fingerprint density at radius 1 is 1.16 bits per heavy atom. The van der Waals surface area contributed by atoms with Crippen molar-refractivity contribution in [1.82, 2.24) is 25.4 Å². The molecular formula is C26H31F4N5O3. The van der Waals surface area contributed by atoms with Crippen LogP contribution in [0.25, 0.3) is 11.3 Å². The van der Waals surface area contributed by atoms with Crippen molar-refractivity contribution in [3.63, 3.8) is 0 Å². The Labute approximate surface area is 217 Å². The number of ether oxygens (including phenoxy) is 1. The van der Waals surface area contributed by atoms with Gasteiger partial charge in [0.15, 0.2) is 17.1 Å². The normalized spacial score (nSPS) is 26.8. The van der Waals surface area contributed by atoms with Gasteiger partial charge in [-0.3, -0.25) is 19.7 Å². The van der Waals surface area contributed by atoms with Gasteiger partial charge in [0, 0.05) is 42.4 Å². The number of H-pyrrole nitrogens is 1. The number of halogens is 4.